The van der Waals surface area contributed by atoms with Gasteiger partial charge < -0.3 is 16.0 Å². The molecule has 24 heavy (non-hydrogen) atoms. The molecule has 0 unspecified atom stereocenters. The van der Waals surface area contributed by atoms with Crippen LogP contribution in [0.25, 0.3) is 0 Å². The first-order valence-corrected chi connectivity index (χ1v) is 9.19. The van der Waals surface area contributed by atoms with Gasteiger partial charge in [-0.1, -0.05) is 0 Å². The van der Waals surface area contributed by atoms with E-state index in [-0.39, 0.29) is 6.04 Å². The van der Waals surface area contributed by atoms with Gasteiger partial charge in [-0.25, -0.2) is 0 Å². The first-order chi connectivity index (χ1) is 10.9. The molecule has 2 amide bonds. The summed E-state index contributed by atoms with van der Waals surface area (Å²) in [7, 11) is 0. The second kappa shape index (κ2) is 6.63. The summed E-state index contributed by atoms with van der Waals surface area (Å²) in [5.41, 5.74) is 6.82. The number of nitrogens with zero attached hydrogens (tertiary/aromatic N) is 1. The Morgan fingerprint density at radius 3 is 2.25 bits per heavy atom. The molecule has 132 valence electrons. The number of nitrogens with two attached hydrogens (primary N) is 1. The molecule has 6 heteroatoms. The van der Waals surface area contributed by atoms with Crippen molar-refractivity contribution in [3.63, 3.8) is 0 Å². The summed E-state index contributed by atoms with van der Waals surface area (Å²) in [6, 6.07) is 5.72. The van der Waals surface area contributed by atoms with Crippen LogP contribution in [0, 0.1) is 10.5 Å². The summed E-state index contributed by atoms with van der Waals surface area (Å²) in [6.45, 7) is 9.78. The number of halogens is 1. The minimum atomic E-state index is -0.601. The van der Waals surface area contributed by atoms with Crippen molar-refractivity contribution in [3.8, 4) is 0 Å². The van der Waals surface area contributed by atoms with Gasteiger partial charge in [0, 0.05) is 26.4 Å². The molecular weight excluding hydrogens is 417 g/mol. The number of likely N-dealkylation sites (tertiary alicyclic amines) is 1. The molecule has 1 aromatic rings. The second-order valence-electron chi connectivity index (χ2n) is 7.85. The van der Waals surface area contributed by atoms with Gasteiger partial charge in [0.1, 0.15) is 0 Å². The molecule has 1 saturated heterocycles. The van der Waals surface area contributed by atoms with Crippen LogP contribution in [0.2, 0.25) is 0 Å². The maximum atomic E-state index is 12.9. The number of anilines is 1. The van der Waals surface area contributed by atoms with Crippen LogP contribution in [0.5, 0.6) is 0 Å². The SMILES string of the molecule is Cc1cc(I)ccc1NC(=O)C(=O)N1C(C)(C)CC(N)CC1(C)C. The lowest BCUT2D eigenvalue weighted by Crippen LogP contribution is -2.66. The maximum Gasteiger partial charge on any atom is 0.313 e. The van der Waals surface area contributed by atoms with Gasteiger partial charge in [-0.15, -0.1) is 0 Å². The lowest BCUT2D eigenvalue weighted by molar-refractivity contribution is -0.156. The van der Waals surface area contributed by atoms with E-state index in [1.807, 2.05) is 52.8 Å². The maximum absolute atomic E-state index is 12.9. The van der Waals surface area contributed by atoms with E-state index < -0.39 is 22.9 Å². The summed E-state index contributed by atoms with van der Waals surface area (Å²) < 4.78 is 1.08. The Kier molecular flexibility index (Phi) is 5.30. The number of hydrogen-bond acceptors (Lipinski definition) is 3. The quantitative estimate of drug-likeness (QED) is 0.518. The Morgan fingerprint density at radius 1 is 1.21 bits per heavy atom. The van der Waals surface area contributed by atoms with E-state index in [1.54, 1.807) is 4.90 Å². The van der Waals surface area contributed by atoms with Gasteiger partial charge in [-0.2, -0.15) is 0 Å². The lowest BCUT2D eigenvalue weighted by atomic mass is 9.77. The zero-order chi connectivity index (χ0) is 18.3. The van der Waals surface area contributed by atoms with E-state index in [9.17, 15) is 9.59 Å². The molecule has 1 aliphatic rings. The summed E-state index contributed by atoms with van der Waals surface area (Å²) in [5.74, 6) is -1.11. The lowest BCUT2D eigenvalue weighted by Gasteiger charge is -2.54. The van der Waals surface area contributed by atoms with Crippen LogP contribution in [-0.4, -0.2) is 33.8 Å². The van der Waals surface area contributed by atoms with Crippen molar-refractivity contribution in [1.82, 2.24) is 4.90 Å². The highest BCUT2D eigenvalue weighted by molar-refractivity contribution is 14.1. The first kappa shape index (κ1) is 19.2. The third kappa shape index (κ3) is 3.91. The fourth-order valence-corrected chi connectivity index (χ4v) is 4.60. The van der Waals surface area contributed by atoms with Gasteiger partial charge in [0.05, 0.1) is 0 Å². The zero-order valence-corrected chi connectivity index (χ0v) is 17.1. The molecule has 3 N–H and O–H groups in total. The predicted molar refractivity (Wildman–Crippen MR) is 105 cm³/mol. The van der Waals surface area contributed by atoms with Crippen molar-refractivity contribution >= 4 is 40.1 Å². The van der Waals surface area contributed by atoms with E-state index in [2.05, 4.69) is 27.9 Å². The molecule has 1 fully saturated rings. The van der Waals surface area contributed by atoms with Crippen LogP contribution in [0.1, 0.15) is 46.1 Å². The number of rotatable bonds is 1. The Hall–Kier alpha value is -1.15. The van der Waals surface area contributed by atoms with Crippen LogP contribution in [0.3, 0.4) is 0 Å². The van der Waals surface area contributed by atoms with Gasteiger partial charge in [-0.3, -0.25) is 9.59 Å². The summed E-state index contributed by atoms with van der Waals surface area (Å²) in [4.78, 5) is 27.2. The molecule has 0 bridgehead atoms. The van der Waals surface area contributed by atoms with Crippen molar-refractivity contribution in [2.75, 3.05) is 5.32 Å². The molecule has 0 saturated carbocycles. The molecule has 0 aliphatic carbocycles. The first-order valence-electron chi connectivity index (χ1n) is 8.11. The molecule has 2 rings (SSSR count). The molecule has 0 aromatic heterocycles. The average Bonchev–Trinajstić information content (AvgIpc) is 2.38. The number of hydrogen-bond donors (Lipinski definition) is 2. The summed E-state index contributed by atoms with van der Waals surface area (Å²) >= 11 is 2.22. The molecule has 0 atom stereocenters. The summed E-state index contributed by atoms with van der Waals surface area (Å²) in [6.07, 6.45) is 1.36. The Balaban J connectivity index is 2.24. The van der Waals surface area contributed by atoms with Crippen LogP contribution < -0.4 is 11.1 Å². The number of aryl methyl sites for hydroxylation is 1. The second-order valence-corrected chi connectivity index (χ2v) is 9.09. The predicted octanol–water partition coefficient (Wildman–Crippen LogP) is 3.05. The van der Waals surface area contributed by atoms with E-state index in [0.717, 1.165) is 9.13 Å². The van der Waals surface area contributed by atoms with Crippen molar-refractivity contribution in [3.05, 3.63) is 27.3 Å². The fraction of sp³-hybridized carbons (Fsp3) is 0.556. The molecule has 0 spiro atoms. The number of carbonyl (C=O) groups excluding carboxylic acids is 2. The minimum Gasteiger partial charge on any atom is -0.328 e. The highest BCUT2D eigenvalue weighted by Crippen LogP contribution is 2.38. The molecule has 1 aromatic carbocycles. The van der Waals surface area contributed by atoms with Gasteiger partial charge in [-0.05, 0) is 93.8 Å². The van der Waals surface area contributed by atoms with Crippen LogP contribution >= 0.6 is 22.6 Å². The standard InChI is InChI=1S/C18H26IN3O2/c1-11-8-12(19)6-7-14(11)21-15(23)16(24)22-17(2,3)9-13(20)10-18(22,4)5/h6-8,13H,9-10,20H2,1-5H3,(H,21,23). The normalized spacial score (nSPS) is 19.9. The van der Waals surface area contributed by atoms with Gasteiger partial charge >= 0.3 is 11.8 Å². The highest BCUT2D eigenvalue weighted by atomic mass is 127. The van der Waals surface area contributed by atoms with Crippen molar-refractivity contribution < 1.29 is 9.59 Å². The van der Waals surface area contributed by atoms with E-state index >= 15 is 0 Å². The molecule has 1 aliphatic heterocycles. The molecule has 1 heterocycles. The highest BCUT2D eigenvalue weighted by Gasteiger charge is 2.48. The van der Waals surface area contributed by atoms with E-state index in [4.69, 9.17) is 5.73 Å². The summed E-state index contributed by atoms with van der Waals surface area (Å²) in [5, 5.41) is 2.76. The van der Waals surface area contributed by atoms with Crippen LogP contribution in [0.4, 0.5) is 5.69 Å². The van der Waals surface area contributed by atoms with Gasteiger partial charge in [0.25, 0.3) is 0 Å². The largest absolute Gasteiger partial charge is 0.328 e. The van der Waals surface area contributed by atoms with Gasteiger partial charge in [0.2, 0.25) is 0 Å². The van der Waals surface area contributed by atoms with Crippen LogP contribution in [0.15, 0.2) is 18.2 Å². The third-order valence-corrected chi connectivity index (χ3v) is 5.24. The van der Waals surface area contributed by atoms with Crippen molar-refractivity contribution in [2.24, 2.45) is 5.73 Å². The number of nitrogens with one attached hydrogen (secondary N) is 1. The Labute approximate surface area is 157 Å². The van der Waals surface area contributed by atoms with E-state index in [0.29, 0.717) is 18.5 Å². The zero-order valence-electron chi connectivity index (χ0n) is 14.9. The molecular formula is C18H26IN3O2. The average molecular weight is 443 g/mol. The minimum absolute atomic E-state index is 0.0283. The Morgan fingerprint density at radius 2 is 1.75 bits per heavy atom. The number of carbonyl (C=O) groups is 2. The van der Waals surface area contributed by atoms with Gasteiger partial charge in [0.15, 0.2) is 0 Å². The number of amides is 2. The monoisotopic (exact) mass is 443 g/mol. The molecule has 5 nitrogen and oxygen atoms in total. The van der Waals surface area contributed by atoms with Crippen LogP contribution in [-0.2, 0) is 9.59 Å². The topological polar surface area (TPSA) is 75.4 Å². The van der Waals surface area contributed by atoms with Crippen molar-refractivity contribution in [2.45, 2.75) is 64.6 Å². The van der Waals surface area contributed by atoms with Crippen molar-refractivity contribution in [1.29, 1.82) is 0 Å². The molecule has 0 radical (unpaired) electrons. The fourth-order valence-electron chi connectivity index (χ4n) is 3.95. The number of benzene rings is 1. The van der Waals surface area contributed by atoms with E-state index in [1.165, 1.54) is 0 Å². The Bertz CT molecular complexity index is 652. The number of piperidine rings is 1. The smallest absolute Gasteiger partial charge is 0.313 e. The third-order valence-electron chi connectivity index (χ3n) is 4.57.